The smallest absolute Gasteiger partial charge is 0.302 e. The Morgan fingerprint density at radius 1 is 1.23 bits per heavy atom. The molecule has 3 nitrogen and oxygen atoms in total. The van der Waals surface area contributed by atoms with Gasteiger partial charge in [-0.15, -0.1) is 0 Å². The van der Waals surface area contributed by atoms with Crippen molar-refractivity contribution in [1.82, 2.24) is 0 Å². The Morgan fingerprint density at radius 2 is 1.86 bits per heavy atom. The molecule has 0 aliphatic heterocycles. The summed E-state index contributed by atoms with van der Waals surface area (Å²) in [5.74, 6) is -0.209. The van der Waals surface area contributed by atoms with Crippen LogP contribution in [0.5, 0.6) is 0 Å². The standard InChI is InChI=1S/C19H26O3/c1-13(2)22-19(4,5)18-16(15-9-7-6-8-10-15)11-12-17(18)21-14(3)20/h6-11,13,17-18H,12H2,1-5H3/t17-,18-/m0/s1. The van der Waals surface area contributed by atoms with Crippen molar-refractivity contribution >= 4 is 11.5 Å². The highest BCUT2D eigenvalue weighted by molar-refractivity contribution is 5.72. The summed E-state index contributed by atoms with van der Waals surface area (Å²) in [7, 11) is 0. The second-order valence-corrected chi connectivity index (χ2v) is 6.66. The van der Waals surface area contributed by atoms with E-state index in [4.69, 9.17) is 9.47 Å². The van der Waals surface area contributed by atoms with Gasteiger partial charge in [-0.25, -0.2) is 0 Å². The number of benzene rings is 1. The second-order valence-electron chi connectivity index (χ2n) is 6.66. The maximum Gasteiger partial charge on any atom is 0.302 e. The first-order valence-electron chi connectivity index (χ1n) is 7.92. The highest BCUT2D eigenvalue weighted by atomic mass is 16.5. The minimum Gasteiger partial charge on any atom is -0.461 e. The number of hydrogen-bond donors (Lipinski definition) is 0. The molecule has 1 aromatic rings. The fourth-order valence-electron chi connectivity index (χ4n) is 3.47. The van der Waals surface area contributed by atoms with E-state index in [-0.39, 0.29) is 24.1 Å². The average molecular weight is 302 g/mol. The number of ether oxygens (including phenoxy) is 2. The molecule has 0 saturated heterocycles. The highest BCUT2D eigenvalue weighted by Crippen LogP contribution is 2.44. The van der Waals surface area contributed by atoms with Crippen LogP contribution in [0.25, 0.3) is 5.57 Å². The van der Waals surface area contributed by atoms with Crippen molar-refractivity contribution in [1.29, 1.82) is 0 Å². The molecule has 2 atom stereocenters. The van der Waals surface area contributed by atoms with Gasteiger partial charge in [0.15, 0.2) is 0 Å². The molecule has 0 radical (unpaired) electrons. The SMILES string of the molecule is CC(=O)O[C@H]1CC=C(c2ccccc2)[C@@H]1C(C)(C)OC(C)C. The van der Waals surface area contributed by atoms with Crippen molar-refractivity contribution in [2.45, 2.75) is 58.8 Å². The van der Waals surface area contributed by atoms with Crippen molar-refractivity contribution in [3.8, 4) is 0 Å². The Bertz CT molecular complexity index is 543. The van der Waals surface area contributed by atoms with E-state index in [1.807, 2.05) is 32.0 Å². The molecular weight excluding hydrogens is 276 g/mol. The lowest BCUT2D eigenvalue weighted by molar-refractivity contribution is -0.155. The molecule has 0 heterocycles. The van der Waals surface area contributed by atoms with Crippen molar-refractivity contribution in [3.05, 3.63) is 42.0 Å². The van der Waals surface area contributed by atoms with E-state index in [9.17, 15) is 4.79 Å². The molecule has 0 amide bonds. The molecule has 1 aliphatic rings. The van der Waals surface area contributed by atoms with Crippen LogP contribution in [0.2, 0.25) is 0 Å². The molecule has 0 aromatic heterocycles. The second kappa shape index (κ2) is 6.66. The molecule has 0 saturated carbocycles. The molecule has 0 unspecified atom stereocenters. The lowest BCUT2D eigenvalue weighted by atomic mass is 9.80. The zero-order valence-electron chi connectivity index (χ0n) is 14.1. The van der Waals surface area contributed by atoms with Crippen LogP contribution in [-0.4, -0.2) is 23.8 Å². The summed E-state index contributed by atoms with van der Waals surface area (Å²) in [4.78, 5) is 11.5. The Labute approximate surface area is 133 Å². The highest BCUT2D eigenvalue weighted by Gasteiger charge is 2.44. The van der Waals surface area contributed by atoms with Crippen LogP contribution in [0.1, 0.15) is 46.6 Å². The van der Waals surface area contributed by atoms with Gasteiger partial charge in [0.05, 0.1) is 17.6 Å². The molecule has 22 heavy (non-hydrogen) atoms. The summed E-state index contributed by atoms with van der Waals surface area (Å²) in [6.07, 6.45) is 2.87. The zero-order chi connectivity index (χ0) is 16.3. The first kappa shape index (κ1) is 16.8. The maximum absolute atomic E-state index is 11.5. The minimum atomic E-state index is -0.410. The fraction of sp³-hybridized carbons (Fsp3) is 0.526. The van der Waals surface area contributed by atoms with E-state index < -0.39 is 5.60 Å². The van der Waals surface area contributed by atoms with Crippen LogP contribution in [0.3, 0.4) is 0 Å². The van der Waals surface area contributed by atoms with Crippen LogP contribution in [0.4, 0.5) is 0 Å². The number of esters is 1. The van der Waals surface area contributed by atoms with Crippen molar-refractivity contribution < 1.29 is 14.3 Å². The first-order valence-corrected chi connectivity index (χ1v) is 7.92. The summed E-state index contributed by atoms with van der Waals surface area (Å²) in [6, 6.07) is 10.3. The molecule has 1 aliphatic carbocycles. The van der Waals surface area contributed by atoms with Gasteiger partial charge < -0.3 is 9.47 Å². The topological polar surface area (TPSA) is 35.5 Å². The quantitative estimate of drug-likeness (QED) is 0.764. The predicted octanol–water partition coefficient (Wildman–Crippen LogP) is 4.23. The summed E-state index contributed by atoms with van der Waals surface area (Å²) in [5, 5.41) is 0. The third-order valence-corrected chi connectivity index (χ3v) is 3.99. The van der Waals surface area contributed by atoms with Gasteiger partial charge in [0.25, 0.3) is 0 Å². The monoisotopic (exact) mass is 302 g/mol. The third-order valence-electron chi connectivity index (χ3n) is 3.99. The van der Waals surface area contributed by atoms with Gasteiger partial charge in [-0.3, -0.25) is 4.79 Å². The van der Waals surface area contributed by atoms with Crippen molar-refractivity contribution in [2.24, 2.45) is 5.92 Å². The number of carbonyl (C=O) groups is 1. The third kappa shape index (κ3) is 3.77. The zero-order valence-corrected chi connectivity index (χ0v) is 14.1. The van der Waals surface area contributed by atoms with Crippen LogP contribution in [0.15, 0.2) is 36.4 Å². The molecule has 0 bridgehead atoms. The largest absolute Gasteiger partial charge is 0.461 e. The summed E-state index contributed by atoms with van der Waals surface area (Å²) in [5.41, 5.74) is 1.96. The first-order chi connectivity index (χ1) is 10.3. The Kier molecular flexibility index (Phi) is 5.07. The van der Waals surface area contributed by atoms with E-state index in [0.717, 1.165) is 6.42 Å². The Balaban J connectivity index is 2.34. The molecule has 1 aromatic carbocycles. The van der Waals surface area contributed by atoms with E-state index in [1.54, 1.807) is 0 Å². The molecule has 2 rings (SSSR count). The number of hydrogen-bond acceptors (Lipinski definition) is 3. The number of rotatable bonds is 5. The Morgan fingerprint density at radius 3 is 2.41 bits per heavy atom. The van der Waals surface area contributed by atoms with Gasteiger partial charge in [0.1, 0.15) is 6.10 Å². The van der Waals surface area contributed by atoms with Crippen molar-refractivity contribution in [3.63, 3.8) is 0 Å². The summed E-state index contributed by atoms with van der Waals surface area (Å²) >= 11 is 0. The average Bonchev–Trinajstić information content (AvgIpc) is 2.82. The lowest BCUT2D eigenvalue weighted by Crippen LogP contribution is -2.43. The summed E-state index contributed by atoms with van der Waals surface area (Å²) in [6.45, 7) is 9.69. The molecule has 3 heteroatoms. The molecule has 0 fully saturated rings. The molecule has 120 valence electrons. The normalized spacial score (nSPS) is 21.8. The maximum atomic E-state index is 11.5. The van der Waals surface area contributed by atoms with E-state index in [0.29, 0.717) is 0 Å². The van der Waals surface area contributed by atoms with Crippen LogP contribution < -0.4 is 0 Å². The van der Waals surface area contributed by atoms with E-state index >= 15 is 0 Å². The fourth-order valence-corrected chi connectivity index (χ4v) is 3.47. The minimum absolute atomic E-state index is 0.0289. The van der Waals surface area contributed by atoms with Crippen LogP contribution >= 0.6 is 0 Å². The van der Waals surface area contributed by atoms with E-state index in [2.05, 4.69) is 32.1 Å². The summed E-state index contributed by atoms with van der Waals surface area (Å²) < 4.78 is 11.7. The van der Waals surface area contributed by atoms with Gasteiger partial charge in [-0.2, -0.15) is 0 Å². The van der Waals surface area contributed by atoms with Gasteiger partial charge >= 0.3 is 5.97 Å². The van der Waals surface area contributed by atoms with Crippen molar-refractivity contribution in [2.75, 3.05) is 0 Å². The molecule has 0 spiro atoms. The predicted molar refractivity (Wildman–Crippen MR) is 88.4 cm³/mol. The van der Waals surface area contributed by atoms with Gasteiger partial charge in [0.2, 0.25) is 0 Å². The lowest BCUT2D eigenvalue weighted by Gasteiger charge is -2.38. The van der Waals surface area contributed by atoms with E-state index in [1.165, 1.54) is 18.1 Å². The van der Waals surface area contributed by atoms with Crippen LogP contribution in [-0.2, 0) is 14.3 Å². The molecular formula is C19H26O3. The van der Waals surface area contributed by atoms with Gasteiger partial charge in [-0.05, 0) is 38.8 Å². The Hall–Kier alpha value is -1.61. The van der Waals surface area contributed by atoms with Gasteiger partial charge in [0, 0.05) is 13.3 Å². The number of carbonyl (C=O) groups excluding carboxylic acids is 1. The molecule has 0 N–H and O–H groups in total. The van der Waals surface area contributed by atoms with Crippen LogP contribution in [0, 0.1) is 5.92 Å². The van der Waals surface area contributed by atoms with Gasteiger partial charge in [-0.1, -0.05) is 36.4 Å².